The van der Waals surface area contributed by atoms with E-state index in [0.717, 1.165) is 22.4 Å². The normalized spacial score (nSPS) is 14.9. The van der Waals surface area contributed by atoms with Crippen molar-refractivity contribution >= 4 is 11.7 Å². The number of carboxylic acid groups (broad SMARTS) is 1. The highest BCUT2D eigenvalue weighted by molar-refractivity contribution is 5.73. The van der Waals surface area contributed by atoms with Gasteiger partial charge in [0.25, 0.3) is 0 Å². The molecule has 0 radical (unpaired) electrons. The number of benzene rings is 1. The number of carboxylic acids is 1. The minimum atomic E-state index is -0.783. The van der Waals surface area contributed by atoms with E-state index >= 15 is 0 Å². The number of aromatic nitrogens is 1. The molecular weight excluding hydrogens is 328 g/mol. The van der Waals surface area contributed by atoms with E-state index in [1.807, 2.05) is 54.6 Å². The molecule has 132 valence electrons. The van der Waals surface area contributed by atoms with Crippen molar-refractivity contribution in [2.75, 3.05) is 5.73 Å². The van der Waals surface area contributed by atoms with Gasteiger partial charge in [-0.05, 0) is 30.5 Å². The number of ether oxygens (including phenoxy) is 1. The molecule has 0 amide bonds. The van der Waals surface area contributed by atoms with Gasteiger partial charge in [0.1, 0.15) is 0 Å². The van der Waals surface area contributed by atoms with Crippen LogP contribution in [0.4, 0.5) is 5.69 Å². The van der Waals surface area contributed by atoms with Crippen LogP contribution in [-0.2, 0) is 4.79 Å². The molecule has 0 spiro atoms. The van der Waals surface area contributed by atoms with Crippen LogP contribution in [-0.4, -0.2) is 16.1 Å². The van der Waals surface area contributed by atoms with Crippen molar-refractivity contribution in [3.05, 3.63) is 78.1 Å². The number of hydrogen-bond donors (Lipinski definition) is 2. The Labute approximate surface area is 152 Å². The number of nitrogen functional groups attached to an aromatic ring is 1. The molecule has 1 heterocycles. The van der Waals surface area contributed by atoms with Gasteiger partial charge in [-0.2, -0.15) is 0 Å². The Balaban J connectivity index is 1.65. The molecule has 2 aromatic rings. The standard InChI is InChI=1S/C21H20N2O3/c22-18-5-2-1-4-17(18)19-6-3-7-20(23-19)26-14-16-10-8-15(9-11-16)12-13-21(24)25/h1-10,14H,11-13,22H2,(H,24,25). The average molecular weight is 348 g/mol. The van der Waals surface area contributed by atoms with E-state index in [1.54, 1.807) is 12.3 Å². The quantitative estimate of drug-likeness (QED) is 0.599. The first kappa shape index (κ1) is 17.5. The van der Waals surface area contributed by atoms with Gasteiger partial charge in [0.2, 0.25) is 5.88 Å². The first-order valence-corrected chi connectivity index (χ1v) is 8.38. The Bertz CT molecular complexity index is 898. The zero-order chi connectivity index (χ0) is 18.4. The zero-order valence-electron chi connectivity index (χ0n) is 14.3. The fourth-order valence-corrected chi connectivity index (χ4v) is 2.62. The van der Waals surface area contributed by atoms with Crippen LogP contribution < -0.4 is 10.5 Å². The second-order valence-corrected chi connectivity index (χ2v) is 5.97. The molecule has 0 bridgehead atoms. The fraction of sp³-hybridized carbons (Fsp3) is 0.143. The number of aliphatic carboxylic acids is 1. The number of nitrogens with two attached hydrogens (primary N) is 1. The zero-order valence-corrected chi connectivity index (χ0v) is 14.3. The molecule has 0 aliphatic heterocycles. The molecule has 26 heavy (non-hydrogen) atoms. The van der Waals surface area contributed by atoms with Crippen molar-refractivity contribution in [1.82, 2.24) is 4.98 Å². The first-order chi connectivity index (χ1) is 12.6. The van der Waals surface area contributed by atoms with Crippen molar-refractivity contribution in [3.8, 4) is 17.1 Å². The predicted molar refractivity (Wildman–Crippen MR) is 102 cm³/mol. The molecule has 0 saturated heterocycles. The van der Waals surface area contributed by atoms with Gasteiger partial charge >= 0.3 is 5.97 Å². The average Bonchev–Trinajstić information content (AvgIpc) is 2.66. The lowest BCUT2D eigenvalue weighted by Crippen LogP contribution is -1.97. The summed E-state index contributed by atoms with van der Waals surface area (Å²) in [6.45, 7) is 0. The maximum absolute atomic E-state index is 10.6. The maximum atomic E-state index is 10.6. The van der Waals surface area contributed by atoms with Crippen LogP contribution in [0.15, 0.2) is 78.1 Å². The van der Waals surface area contributed by atoms with Crippen LogP contribution in [0.5, 0.6) is 5.88 Å². The van der Waals surface area contributed by atoms with Gasteiger partial charge in [-0.1, -0.05) is 48.1 Å². The highest BCUT2D eigenvalue weighted by atomic mass is 16.5. The van der Waals surface area contributed by atoms with Crippen LogP contribution >= 0.6 is 0 Å². The van der Waals surface area contributed by atoms with Crippen molar-refractivity contribution in [3.63, 3.8) is 0 Å². The second-order valence-electron chi connectivity index (χ2n) is 5.97. The molecule has 3 N–H and O–H groups in total. The Kier molecular flexibility index (Phi) is 5.49. The monoisotopic (exact) mass is 348 g/mol. The van der Waals surface area contributed by atoms with Crippen LogP contribution in [0.25, 0.3) is 11.3 Å². The van der Waals surface area contributed by atoms with E-state index in [4.69, 9.17) is 15.6 Å². The SMILES string of the molecule is Nc1ccccc1-c1cccc(OC=C2C=CC(CCC(=O)O)=CC2)n1. The maximum Gasteiger partial charge on any atom is 0.303 e. The number of pyridine rings is 1. The minimum absolute atomic E-state index is 0.144. The highest BCUT2D eigenvalue weighted by Gasteiger charge is 2.06. The van der Waals surface area contributed by atoms with E-state index in [2.05, 4.69) is 4.98 Å². The number of anilines is 1. The van der Waals surface area contributed by atoms with Crippen LogP contribution in [0.1, 0.15) is 19.3 Å². The highest BCUT2D eigenvalue weighted by Crippen LogP contribution is 2.25. The molecular formula is C21H20N2O3. The largest absolute Gasteiger partial charge is 0.481 e. The Hall–Kier alpha value is -3.34. The summed E-state index contributed by atoms with van der Waals surface area (Å²) in [6, 6.07) is 13.1. The van der Waals surface area contributed by atoms with Gasteiger partial charge in [-0.15, -0.1) is 0 Å². The summed E-state index contributed by atoms with van der Waals surface area (Å²) in [4.78, 5) is 15.1. The molecule has 1 aromatic heterocycles. The number of nitrogens with zero attached hydrogens (tertiary/aromatic N) is 1. The Morgan fingerprint density at radius 1 is 1.19 bits per heavy atom. The Morgan fingerprint density at radius 2 is 2.04 bits per heavy atom. The molecule has 1 aliphatic rings. The summed E-state index contributed by atoms with van der Waals surface area (Å²) in [7, 11) is 0. The van der Waals surface area contributed by atoms with Gasteiger partial charge in [0.15, 0.2) is 0 Å². The molecule has 1 aliphatic carbocycles. The minimum Gasteiger partial charge on any atom is -0.481 e. The smallest absolute Gasteiger partial charge is 0.303 e. The summed E-state index contributed by atoms with van der Waals surface area (Å²) in [5.74, 6) is -0.290. The molecule has 0 saturated carbocycles. The molecule has 0 unspecified atom stereocenters. The number of para-hydroxylation sites is 1. The van der Waals surface area contributed by atoms with Crippen LogP contribution in [0.3, 0.4) is 0 Å². The van der Waals surface area contributed by atoms with Crippen molar-refractivity contribution in [2.45, 2.75) is 19.3 Å². The summed E-state index contributed by atoms with van der Waals surface area (Å²) in [6.07, 6.45) is 8.95. The van der Waals surface area contributed by atoms with E-state index < -0.39 is 5.97 Å². The molecule has 0 atom stereocenters. The lowest BCUT2D eigenvalue weighted by atomic mass is 10.00. The molecule has 5 heteroatoms. The van der Waals surface area contributed by atoms with Crippen molar-refractivity contribution in [2.24, 2.45) is 0 Å². The van der Waals surface area contributed by atoms with Crippen LogP contribution in [0, 0.1) is 0 Å². The predicted octanol–water partition coefficient (Wildman–Crippen LogP) is 4.34. The topological polar surface area (TPSA) is 85.4 Å². The van der Waals surface area contributed by atoms with Gasteiger partial charge in [0, 0.05) is 23.7 Å². The molecule has 0 fully saturated rings. The third-order valence-electron chi connectivity index (χ3n) is 4.03. The number of hydrogen-bond acceptors (Lipinski definition) is 4. The lowest BCUT2D eigenvalue weighted by Gasteiger charge is -2.09. The fourth-order valence-electron chi connectivity index (χ4n) is 2.62. The number of rotatable bonds is 6. The first-order valence-electron chi connectivity index (χ1n) is 8.38. The van der Waals surface area contributed by atoms with Crippen LogP contribution in [0.2, 0.25) is 0 Å². The third-order valence-corrected chi connectivity index (χ3v) is 4.03. The summed E-state index contributed by atoms with van der Waals surface area (Å²) in [5, 5.41) is 8.73. The third kappa shape index (κ3) is 4.60. The van der Waals surface area contributed by atoms with Crippen molar-refractivity contribution < 1.29 is 14.6 Å². The van der Waals surface area contributed by atoms with Gasteiger partial charge in [-0.25, -0.2) is 4.98 Å². The summed E-state index contributed by atoms with van der Waals surface area (Å²) >= 11 is 0. The van der Waals surface area contributed by atoms with Gasteiger partial charge in [0.05, 0.1) is 12.0 Å². The van der Waals surface area contributed by atoms with Crippen molar-refractivity contribution in [1.29, 1.82) is 0 Å². The van der Waals surface area contributed by atoms with E-state index in [0.29, 0.717) is 24.4 Å². The van der Waals surface area contributed by atoms with E-state index in [-0.39, 0.29) is 6.42 Å². The van der Waals surface area contributed by atoms with E-state index in [1.165, 1.54) is 0 Å². The number of allylic oxidation sites excluding steroid dienone is 5. The Morgan fingerprint density at radius 3 is 2.77 bits per heavy atom. The second kappa shape index (κ2) is 8.16. The molecule has 3 rings (SSSR count). The lowest BCUT2D eigenvalue weighted by molar-refractivity contribution is -0.136. The molecule has 5 nitrogen and oxygen atoms in total. The van der Waals surface area contributed by atoms with Gasteiger partial charge in [-0.3, -0.25) is 4.79 Å². The summed E-state index contributed by atoms with van der Waals surface area (Å²) < 4.78 is 5.69. The number of carbonyl (C=O) groups is 1. The molecule has 1 aromatic carbocycles. The summed E-state index contributed by atoms with van der Waals surface area (Å²) in [5.41, 5.74) is 10.3. The van der Waals surface area contributed by atoms with Gasteiger partial charge < -0.3 is 15.6 Å². The van der Waals surface area contributed by atoms with E-state index in [9.17, 15) is 4.79 Å².